The molecular weight excluding hydrogens is 292 g/mol. The van der Waals surface area contributed by atoms with Crippen LogP contribution in [0.2, 0.25) is 0 Å². The number of nitrogen functional groups attached to an aromatic ring is 1. The predicted molar refractivity (Wildman–Crippen MR) is 84.9 cm³/mol. The Kier molecular flexibility index (Phi) is 7.41. The molecule has 0 radical (unpaired) electrons. The molecule has 0 saturated carbocycles. The number of aromatic nitrogens is 1. The first-order valence-electron chi connectivity index (χ1n) is 6.78. The average Bonchev–Trinajstić information content (AvgIpc) is 2.82. The summed E-state index contributed by atoms with van der Waals surface area (Å²) in [4.78, 5) is 16.7. The van der Waals surface area contributed by atoms with Crippen molar-refractivity contribution in [3.05, 3.63) is 4.88 Å². The van der Waals surface area contributed by atoms with E-state index in [1.54, 1.807) is 14.2 Å². The second-order valence-corrected chi connectivity index (χ2v) is 6.03. The number of nitrogens with two attached hydrogens (primary N) is 1. The summed E-state index contributed by atoms with van der Waals surface area (Å²) >= 11 is 1.25. The molecule has 7 nitrogen and oxygen atoms in total. The number of carbonyl (C=O) groups is 1. The lowest BCUT2D eigenvalue weighted by Gasteiger charge is -2.14. The molecule has 1 aromatic heterocycles. The number of hydrogen-bond donors (Lipinski definition) is 3. The van der Waals surface area contributed by atoms with Crippen molar-refractivity contribution in [1.29, 1.82) is 0 Å². The fourth-order valence-corrected chi connectivity index (χ4v) is 2.35. The zero-order valence-corrected chi connectivity index (χ0v) is 13.8. The largest absolute Gasteiger partial charge is 0.382 e. The zero-order chi connectivity index (χ0) is 15.8. The minimum Gasteiger partial charge on any atom is -0.382 e. The van der Waals surface area contributed by atoms with E-state index in [4.69, 9.17) is 15.2 Å². The summed E-state index contributed by atoms with van der Waals surface area (Å²) in [7, 11) is 3.16. The number of carbonyl (C=O) groups excluding carboxylic acids is 1. The van der Waals surface area contributed by atoms with Crippen LogP contribution in [-0.2, 0) is 9.47 Å². The third-order valence-electron chi connectivity index (χ3n) is 2.70. The van der Waals surface area contributed by atoms with Crippen LogP contribution >= 0.6 is 11.3 Å². The number of methoxy groups -OCH3 is 2. The van der Waals surface area contributed by atoms with E-state index in [0.717, 1.165) is 6.54 Å². The van der Waals surface area contributed by atoms with Crippen LogP contribution in [0.3, 0.4) is 0 Å². The number of thiazole rings is 1. The van der Waals surface area contributed by atoms with Gasteiger partial charge in [-0.3, -0.25) is 4.79 Å². The Labute approximate surface area is 129 Å². The van der Waals surface area contributed by atoms with Crippen LogP contribution < -0.4 is 16.4 Å². The van der Waals surface area contributed by atoms with Crippen LogP contribution in [0.25, 0.3) is 0 Å². The molecule has 1 unspecified atom stereocenters. The number of nitrogens with zero attached hydrogens (tertiary/aromatic N) is 1. The van der Waals surface area contributed by atoms with Crippen LogP contribution in [0.4, 0.5) is 10.9 Å². The summed E-state index contributed by atoms with van der Waals surface area (Å²) in [6.07, 6.45) is -0.188. The summed E-state index contributed by atoms with van der Waals surface area (Å²) in [6, 6.07) is 0. The van der Waals surface area contributed by atoms with Gasteiger partial charge in [0.1, 0.15) is 10.7 Å². The summed E-state index contributed by atoms with van der Waals surface area (Å²) in [5.74, 6) is 0.481. The number of anilines is 2. The maximum Gasteiger partial charge on any atom is 0.265 e. The molecule has 4 N–H and O–H groups in total. The van der Waals surface area contributed by atoms with Crippen molar-refractivity contribution in [2.24, 2.45) is 5.92 Å². The van der Waals surface area contributed by atoms with Crippen molar-refractivity contribution < 1.29 is 14.3 Å². The molecule has 0 spiro atoms. The lowest BCUT2D eigenvalue weighted by Crippen LogP contribution is -2.35. The van der Waals surface area contributed by atoms with E-state index in [2.05, 4.69) is 29.5 Å². The zero-order valence-electron chi connectivity index (χ0n) is 12.9. The van der Waals surface area contributed by atoms with Crippen molar-refractivity contribution in [3.63, 3.8) is 0 Å². The van der Waals surface area contributed by atoms with E-state index in [1.165, 1.54) is 11.3 Å². The van der Waals surface area contributed by atoms with Gasteiger partial charge in [0.25, 0.3) is 5.91 Å². The maximum absolute atomic E-state index is 12.1. The van der Waals surface area contributed by atoms with Gasteiger partial charge in [-0.1, -0.05) is 25.2 Å². The lowest BCUT2D eigenvalue weighted by molar-refractivity contribution is 0.0286. The highest BCUT2D eigenvalue weighted by Gasteiger charge is 2.17. The van der Waals surface area contributed by atoms with Gasteiger partial charge in [-0.05, 0) is 5.92 Å². The minimum atomic E-state index is -0.249. The molecule has 8 heteroatoms. The molecule has 1 rings (SSSR count). The summed E-state index contributed by atoms with van der Waals surface area (Å²) in [5, 5.41) is 6.59. The molecule has 0 aliphatic rings. The van der Waals surface area contributed by atoms with E-state index < -0.39 is 0 Å². The molecule has 21 heavy (non-hydrogen) atoms. The third kappa shape index (κ3) is 5.86. The van der Waals surface area contributed by atoms with Crippen LogP contribution in [0.15, 0.2) is 0 Å². The first kappa shape index (κ1) is 17.7. The van der Waals surface area contributed by atoms with Crippen molar-refractivity contribution in [1.82, 2.24) is 10.3 Å². The SMILES string of the molecule is COCC(CNC(=O)c1sc(NCC(C)C)nc1N)OC. The molecule has 1 amide bonds. The Morgan fingerprint density at radius 2 is 2.10 bits per heavy atom. The summed E-state index contributed by atoms with van der Waals surface area (Å²) < 4.78 is 10.2. The van der Waals surface area contributed by atoms with Crippen molar-refractivity contribution >= 4 is 28.2 Å². The highest BCUT2D eigenvalue weighted by molar-refractivity contribution is 7.18. The van der Waals surface area contributed by atoms with Gasteiger partial charge in [-0.25, -0.2) is 4.98 Å². The van der Waals surface area contributed by atoms with Gasteiger partial charge in [-0.15, -0.1) is 0 Å². The Morgan fingerprint density at radius 3 is 2.67 bits per heavy atom. The smallest absolute Gasteiger partial charge is 0.265 e. The number of hydrogen-bond acceptors (Lipinski definition) is 7. The average molecular weight is 316 g/mol. The van der Waals surface area contributed by atoms with Gasteiger partial charge in [0, 0.05) is 27.3 Å². The van der Waals surface area contributed by atoms with Crippen LogP contribution in [0.5, 0.6) is 0 Å². The topological polar surface area (TPSA) is 98.5 Å². The number of ether oxygens (including phenoxy) is 2. The van der Waals surface area contributed by atoms with Gasteiger partial charge in [0.05, 0.1) is 12.7 Å². The number of nitrogens with one attached hydrogen (secondary N) is 2. The molecule has 0 saturated heterocycles. The van der Waals surface area contributed by atoms with Crippen LogP contribution in [0, 0.1) is 5.92 Å². The quantitative estimate of drug-likeness (QED) is 0.633. The van der Waals surface area contributed by atoms with Gasteiger partial charge in [0.15, 0.2) is 5.13 Å². The molecule has 1 aromatic rings. The highest BCUT2D eigenvalue weighted by Crippen LogP contribution is 2.24. The Bertz CT molecular complexity index is 451. The maximum atomic E-state index is 12.1. The monoisotopic (exact) mass is 316 g/mol. The molecule has 0 bridgehead atoms. The normalized spacial score (nSPS) is 12.4. The second kappa shape index (κ2) is 8.81. The Hall–Kier alpha value is -1.38. The summed E-state index contributed by atoms with van der Waals surface area (Å²) in [6.45, 7) is 5.75. The van der Waals surface area contributed by atoms with Gasteiger partial charge < -0.3 is 25.8 Å². The van der Waals surface area contributed by atoms with Crippen LogP contribution in [0.1, 0.15) is 23.5 Å². The third-order valence-corrected chi connectivity index (χ3v) is 3.72. The molecule has 1 atom stereocenters. The molecule has 1 heterocycles. The standard InChI is InChI=1S/C13H24N4O3S/c1-8(2)5-16-13-17-11(14)10(21-13)12(18)15-6-9(20-4)7-19-3/h8-9H,5-7,14H2,1-4H3,(H,15,18)(H,16,17). The first-order valence-corrected chi connectivity index (χ1v) is 7.59. The number of amides is 1. The van der Waals surface area contributed by atoms with E-state index in [9.17, 15) is 4.79 Å². The number of rotatable bonds is 9. The molecular formula is C13H24N4O3S. The van der Waals surface area contributed by atoms with Gasteiger partial charge >= 0.3 is 0 Å². The Balaban J connectivity index is 2.57. The second-order valence-electron chi connectivity index (χ2n) is 5.03. The molecule has 0 aliphatic carbocycles. The van der Waals surface area contributed by atoms with Crippen molar-refractivity contribution in [2.75, 3.05) is 45.0 Å². The van der Waals surface area contributed by atoms with Crippen molar-refractivity contribution in [2.45, 2.75) is 20.0 Å². The fourth-order valence-electron chi connectivity index (χ4n) is 1.54. The molecule has 0 aromatic carbocycles. The van der Waals surface area contributed by atoms with E-state index in [0.29, 0.717) is 29.1 Å². The highest BCUT2D eigenvalue weighted by atomic mass is 32.1. The van der Waals surface area contributed by atoms with Gasteiger partial charge in [0.2, 0.25) is 0 Å². The molecule has 0 fully saturated rings. The molecule has 120 valence electrons. The van der Waals surface area contributed by atoms with Crippen LogP contribution in [-0.4, -0.2) is 50.9 Å². The molecule has 0 aliphatic heterocycles. The van der Waals surface area contributed by atoms with E-state index in [-0.39, 0.29) is 17.8 Å². The Morgan fingerprint density at radius 1 is 1.38 bits per heavy atom. The summed E-state index contributed by atoms with van der Waals surface area (Å²) in [5.41, 5.74) is 5.79. The van der Waals surface area contributed by atoms with Gasteiger partial charge in [-0.2, -0.15) is 0 Å². The predicted octanol–water partition coefficient (Wildman–Crippen LogP) is 1.18. The van der Waals surface area contributed by atoms with E-state index in [1.807, 2.05) is 0 Å². The lowest BCUT2D eigenvalue weighted by atomic mass is 10.2. The first-order chi connectivity index (χ1) is 9.97. The fraction of sp³-hybridized carbons (Fsp3) is 0.692. The van der Waals surface area contributed by atoms with E-state index >= 15 is 0 Å². The van der Waals surface area contributed by atoms with Crippen molar-refractivity contribution in [3.8, 4) is 0 Å². The minimum absolute atomic E-state index is 0.188.